The van der Waals surface area contributed by atoms with Crippen LogP contribution in [0.4, 0.5) is 10.1 Å². The Morgan fingerprint density at radius 2 is 1.95 bits per heavy atom. The zero-order valence-corrected chi connectivity index (χ0v) is 11.5. The molecular weight excluding hydrogens is 271 g/mol. The molecule has 0 spiro atoms. The van der Waals surface area contributed by atoms with E-state index in [0.717, 1.165) is 0 Å². The molecule has 0 aliphatic carbocycles. The Morgan fingerprint density at radius 1 is 1.19 bits per heavy atom. The number of amides is 1. The normalized spacial score (nSPS) is 10.1. The molecule has 110 valence electrons. The molecule has 3 N–H and O–H groups in total. The van der Waals surface area contributed by atoms with E-state index in [-0.39, 0.29) is 18.1 Å². The van der Waals surface area contributed by atoms with Crippen LogP contribution >= 0.6 is 0 Å². The van der Waals surface area contributed by atoms with Crippen molar-refractivity contribution in [3.8, 4) is 5.75 Å². The van der Waals surface area contributed by atoms with Crippen molar-refractivity contribution in [2.75, 3.05) is 18.9 Å². The number of hydrogen-bond donors (Lipinski definition) is 2. The Kier molecular flexibility index (Phi) is 5.15. The number of carbonyl (C=O) groups excluding carboxylic acids is 1. The molecule has 0 radical (unpaired) electrons. The number of nitrogen functional groups attached to an aromatic ring is 1. The largest absolute Gasteiger partial charge is 0.492 e. The average molecular weight is 288 g/mol. The van der Waals surface area contributed by atoms with Crippen LogP contribution in [0.1, 0.15) is 5.56 Å². The molecular formula is C16H17FN2O2. The molecule has 2 aromatic rings. The average Bonchev–Trinajstić information content (AvgIpc) is 2.45. The molecule has 0 saturated heterocycles. The van der Waals surface area contributed by atoms with E-state index in [4.69, 9.17) is 10.5 Å². The summed E-state index contributed by atoms with van der Waals surface area (Å²) < 4.78 is 18.4. The standard InChI is InChI=1S/C16H17FN2O2/c17-13-3-1-2-12(10-13)11-16(20)19-8-9-21-15-6-4-14(18)5-7-15/h1-7,10H,8-9,11,18H2,(H,19,20). The van der Waals surface area contributed by atoms with Gasteiger partial charge >= 0.3 is 0 Å². The number of benzene rings is 2. The summed E-state index contributed by atoms with van der Waals surface area (Å²) in [4.78, 5) is 11.7. The molecule has 0 aliphatic heterocycles. The van der Waals surface area contributed by atoms with E-state index in [0.29, 0.717) is 30.2 Å². The second-order valence-corrected chi connectivity index (χ2v) is 4.57. The maximum Gasteiger partial charge on any atom is 0.224 e. The molecule has 0 atom stereocenters. The first-order chi connectivity index (χ1) is 10.1. The van der Waals surface area contributed by atoms with Crippen LogP contribution < -0.4 is 15.8 Å². The van der Waals surface area contributed by atoms with Gasteiger partial charge in [-0.2, -0.15) is 0 Å². The minimum Gasteiger partial charge on any atom is -0.492 e. The molecule has 0 saturated carbocycles. The minimum atomic E-state index is -0.341. The summed E-state index contributed by atoms with van der Waals surface area (Å²) in [6.07, 6.45) is 0.152. The van der Waals surface area contributed by atoms with Crippen LogP contribution in [-0.4, -0.2) is 19.1 Å². The lowest BCUT2D eigenvalue weighted by atomic mass is 10.1. The summed E-state index contributed by atoms with van der Waals surface area (Å²) in [7, 11) is 0. The Morgan fingerprint density at radius 3 is 2.67 bits per heavy atom. The third kappa shape index (κ3) is 5.14. The summed E-state index contributed by atoms with van der Waals surface area (Å²) in [6.45, 7) is 0.747. The number of carbonyl (C=O) groups is 1. The first-order valence-electron chi connectivity index (χ1n) is 6.63. The van der Waals surface area contributed by atoms with Crippen molar-refractivity contribution in [2.45, 2.75) is 6.42 Å². The Hall–Kier alpha value is -2.56. The highest BCUT2D eigenvalue weighted by atomic mass is 19.1. The topological polar surface area (TPSA) is 64.3 Å². The molecule has 21 heavy (non-hydrogen) atoms. The second-order valence-electron chi connectivity index (χ2n) is 4.57. The summed E-state index contributed by atoms with van der Waals surface area (Å²) in [6, 6.07) is 13.0. The van der Waals surface area contributed by atoms with Crippen molar-refractivity contribution in [2.24, 2.45) is 0 Å². The minimum absolute atomic E-state index is 0.152. The van der Waals surface area contributed by atoms with Crippen molar-refractivity contribution in [3.05, 3.63) is 59.9 Å². The van der Waals surface area contributed by atoms with Crippen molar-refractivity contribution in [3.63, 3.8) is 0 Å². The molecule has 0 bridgehead atoms. The fourth-order valence-corrected chi connectivity index (χ4v) is 1.82. The lowest BCUT2D eigenvalue weighted by molar-refractivity contribution is -0.120. The van der Waals surface area contributed by atoms with Gasteiger partial charge in [-0.25, -0.2) is 4.39 Å². The van der Waals surface area contributed by atoms with E-state index < -0.39 is 0 Å². The van der Waals surface area contributed by atoms with Crippen LogP contribution in [0.3, 0.4) is 0 Å². The van der Waals surface area contributed by atoms with Crippen molar-refractivity contribution in [1.29, 1.82) is 0 Å². The van der Waals surface area contributed by atoms with E-state index in [9.17, 15) is 9.18 Å². The van der Waals surface area contributed by atoms with Gasteiger partial charge in [0.05, 0.1) is 13.0 Å². The third-order valence-electron chi connectivity index (χ3n) is 2.83. The van der Waals surface area contributed by atoms with Crippen molar-refractivity contribution >= 4 is 11.6 Å². The van der Waals surface area contributed by atoms with Crippen LogP contribution in [0.2, 0.25) is 0 Å². The molecule has 1 amide bonds. The molecule has 0 heterocycles. The predicted molar refractivity (Wildman–Crippen MR) is 79.5 cm³/mol. The third-order valence-corrected chi connectivity index (χ3v) is 2.83. The Bertz CT molecular complexity index is 599. The first kappa shape index (κ1) is 14.8. The van der Waals surface area contributed by atoms with Gasteiger partial charge in [-0.05, 0) is 42.0 Å². The first-order valence-corrected chi connectivity index (χ1v) is 6.63. The van der Waals surface area contributed by atoms with Crippen LogP contribution in [0.25, 0.3) is 0 Å². The Balaban J connectivity index is 1.68. The highest BCUT2D eigenvalue weighted by molar-refractivity contribution is 5.78. The number of anilines is 1. The van der Waals surface area contributed by atoms with Crippen LogP contribution in [0, 0.1) is 5.82 Å². The smallest absolute Gasteiger partial charge is 0.224 e. The van der Waals surface area contributed by atoms with Gasteiger partial charge < -0.3 is 15.8 Å². The van der Waals surface area contributed by atoms with E-state index in [2.05, 4.69) is 5.32 Å². The Labute approximate surface area is 122 Å². The zero-order chi connectivity index (χ0) is 15.1. The lowest BCUT2D eigenvalue weighted by Crippen LogP contribution is -2.29. The molecule has 4 nitrogen and oxygen atoms in total. The molecule has 0 unspecified atom stereocenters. The van der Waals surface area contributed by atoms with Gasteiger partial charge in [0.1, 0.15) is 18.2 Å². The molecule has 5 heteroatoms. The summed E-state index contributed by atoms with van der Waals surface area (Å²) in [5, 5.41) is 2.72. The molecule has 0 aliphatic rings. The molecule has 2 rings (SSSR count). The summed E-state index contributed by atoms with van der Waals surface area (Å²) >= 11 is 0. The van der Waals surface area contributed by atoms with Crippen LogP contribution in [0.15, 0.2) is 48.5 Å². The highest BCUT2D eigenvalue weighted by Crippen LogP contribution is 2.12. The fourth-order valence-electron chi connectivity index (χ4n) is 1.82. The SMILES string of the molecule is Nc1ccc(OCCNC(=O)Cc2cccc(F)c2)cc1. The van der Waals surface area contributed by atoms with Crippen molar-refractivity contribution < 1.29 is 13.9 Å². The quantitative estimate of drug-likeness (QED) is 0.632. The maximum atomic E-state index is 13.0. The summed E-state index contributed by atoms with van der Waals surface area (Å²) in [5.74, 6) is 0.192. The lowest BCUT2D eigenvalue weighted by Gasteiger charge is -2.08. The summed E-state index contributed by atoms with van der Waals surface area (Å²) in [5.41, 5.74) is 6.88. The van der Waals surface area contributed by atoms with E-state index in [1.807, 2.05) is 0 Å². The number of nitrogens with one attached hydrogen (secondary N) is 1. The van der Waals surface area contributed by atoms with Crippen LogP contribution in [0.5, 0.6) is 5.75 Å². The van der Waals surface area contributed by atoms with Gasteiger partial charge in [-0.15, -0.1) is 0 Å². The van der Waals surface area contributed by atoms with Gasteiger partial charge in [-0.1, -0.05) is 12.1 Å². The van der Waals surface area contributed by atoms with Gasteiger partial charge in [-0.3, -0.25) is 4.79 Å². The highest BCUT2D eigenvalue weighted by Gasteiger charge is 2.03. The number of ether oxygens (including phenoxy) is 1. The number of nitrogens with two attached hydrogens (primary N) is 1. The maximum absolute atomic E-state index is 13.0. The van der Waals surface area contributed by atoms with Gasteiger partial charge in [0.25, 0.3) is 0 Å². The van der Waals surface area contributed by atoms with Gasteiger partial charge in [0.2, 0.25) is 5.91 Å². The van der Waals surface area contributed by atoms with Gasteiger partial charge in [0.15, 0.2) is 0 Å². The van der Waals surface area contributed by atoms with E-state index in [1.54, 1.807) is 36.4 Å². The molecule has 0 fully saturated rings. The molecule has 0 aromatic heterocycles. The number of hydrogen-bond acceptors (Lipinski definition) is 3. The van der Waals surface area contributed by atoms with E-state index >= 15 is 0 Å². The monoisotopic (exact) mass is 288 g/mol. The molecule has 2 aromatic carbocycles. The number of halogens is 1. The second kappa shape index (κ2) is 7.28. The predicted octanol–water partition coefficient (Wildman–Crippen LogP) is 2.15. The zero-order valence-electron chi connectivity index (χ0n) is 11.5. The van der Waals surface area contributed by atoms with E-state index in [1.165, 1.54) is 12.1 Å². The van der Waals surface area contributed by atoms with Crippen molar-refractivity contribution in [1.82, 2.24) is 5.32 Å². The number of rotatable bonds is 6. The van der Waals surface area contributed by atoms with Crippen LogP contribution in [-0.2, 0) is 11.2 Å². The fraction of sp³-hybridized carbons (Fsp3) is 0.188. The van der Waals surface area contributed by atoms with Gasteiger partial charge in [0, 0.05) is 5.69 Å².